The lowest BCUT2D eigenvalue weighted by molar-refractivity contribution is 0.121. The molecule has 0 bridgehead atoms. The summed E-state index contributed by atoms with van der Waals surface area (Å²) in [7, 11) is 1.62. The normalized spacial score (nSPS) is 16.9. The fraction of sp³-hybridized carbons (Fsp3) is 0.524. The maximum Gasteiger partial charge on any atom is 0.250 e. The summed E-state index contributed by atoms with van der Waals surface area (Å²) in [5.74, 6) is 2.97. The van der Waals surface area contributed by atoms with Crippen LogP contribution in [-0.2, 0) is 9.47 Å². The van der Waals surface area contributed by atoms with Gasteiger partial charge in [0.1, 0.15) is 0 Å². The minimum Gasteiger partial charge on any atom is -0.493 e. The Morgan fingerprint density at radius 1 is 0.969 bits per heavy atom. The molecule has 1 N–H and O–H groups in total. The molecule has 0 saturated carbocycles. The van der Waals surface area contributed by atoms with Crippen LogP contribution in [0.4, 0.5) is 17.8 Å². The second-order valence-electron chi connectivity index (χ2n) is 7.17. The average Bonchev–Trinajstić information content (AvgIpc) is 2.85. The van der Waals surface area contributed by atoms with Gasteiger partial charge in [0.15, 0.2) is 11.5 Å². The minimum atomic E-state index is 0.387. The lowest BCUT2D eigenvalue weighted by Gasteiger charge is -2.30. The zero-order valence-electron chi connectivity index (χ0n) is 18.5. The number of aromatic nitrogens is 3. The molecule has 2 aliphatic rings. The van der Waals surface area contributed by atoms with Crippen molar-refractivity contribution in [1.82, 2.24) is 15.0 Å². The molecular weight excluding hydrogens is 414 g/mol. The van der Waals surface area contributed by atoms with E-state index in [1.807, 2.05) is 25.1 Å². The molecule has 32 heavy (non-hydrogen) atoms. The largest absolute Gasteiger partial charge is 0.493 e. The summed E-state index contributed by atoms with van der Waals surface area (Å²) in [6.45, 7) is 8.04. The number of methoxy groups -OCH3 is 1. The van der Waals surface area contributed by atoms with Gasteiger partial charge in [0.25, 0.3) is 0 Å². The quantitative estimate of drug-likeness (QED) is 0.475. The third kappa shape index (κ3) is 5.54. The Morgan fingerprint density at radius 3 is 2.16 bits per heavy atom. The van der Waals surface area contributed by atoms with Crippen LogP contribution in [-0.4, -0.2) is 87.5 Å². The molecule has 0 radical (unpaired) electrons. The molecule has 2 aliphatic heterocycles. The SMILES string of the molecule is CCOc1cc(C=NNc2nc(N3CCOCC3)nc(N3CCOCC3)n2)ccc1OC. The Kier molecular flexibility index (Phi) is 7.51. The molecule has 1 aromatic carbocycles. The Hall–Kier alpha value is -3.18. The number of morpholine rings is 2. The highest BCUT2D eigenvalue weighted by atomic mass is 16.5. The molecule has 2 aromatic rings. The highest BCUT2D eigenvalue weighted by Gasteiger charge is 2.20. The zero-order chi connectivity index (χ0) is 22.2. The van der Waals surface area contributed by atoms with Crippen LogP contribution in [0.3, 0.4) is 0 Å². The first-order chi connectivity index (χ1) is 15.8. The van der Waals surface area contributed by atoms with Gasteiger partial charge in [0.2, 0.25) is 17.8 Å². The molecule has 4 rings (SSSR count). The van der Waals surface area contributed by atoms with Gasteiger partial charge in [-0.1, -0.05) is 0 Å². The van der Waals surface area contributed by atoms with Gasteiger partial charge in [-0.05, 0) is 30.7 Å². The number of hydrogen-bond donors (Lipinski definition) is 1. The number of rotatable bonds is 8. The molecule has 1 aromatic heterocycles. The summed E-state index contributed by atoms with van der Waals surface area (Å²) in [5, 5.41) is 4.33. The van der Waals surface area contributed by atoms with E-state index in [1.165, 1.54) is 0 Å². The second-order valence-corrected chi connectivity index (χ2v) is 7.17. The molecule has 0 atom stereocenters. The van der Waals surface area contributed by atoms with E-state index in [2.05, 4.69) is 30.3 Å². The van der Waals surface area contributed by atoms with Crippen LogP contribution in [0.1, 0.15) is 12.5 Å². The van der Waals surface area contributed by atoms with E-state index in [4.69, 9.17) is 23.9 Å². The van der Waals surface area contributed by atoms with Crippen molar-refractivity contribution in [3.63, 3.8) is 0 Å². The number of nitrogens with one attached hydrogen (secondary N) is 1. The molecule has 0 unspecified atom stereocenters. The average molecular weight is 444 g/mol. The van der Waals surface area contributed by atoms with Crippen molar-refractivity contribution in [2.45, 2.75) is 6.92 Å². The summed E-state index contributed by atoms with van der Waals surface area (Å²) < 4.78 is 21.9. The highest BCUT2D eigenvalue weighted by Crippen LogP contribution is 2.27. The van der Waals surface area contributed by atoms with E-state index < -0.39 is 0 Å². The fourth-order valence-corrected chi connectivity index (χ4v) is 3.42. The Labute approximate surface area is 187 Å². The van der Waals surface area contributed by atoms with Crippen molar-refractivity contribution in [2.24, 2.45) is 5.10 Å². The topological polar surface area (TPSA) is 106 Å². The smallest absolute Gasteiger partial charge is 0.250 e. The Balaban J connectivity index is 1.53. The van der Waals surface area contributed by atoms with E-state index in [1.54, 1.807) is 13.3 Å². The van der Waals surface area contributed by atoms with E-state index in [0.717, 1.165) is 31.7 Å². The number of anilines is 3. The summed E-state index contributed by atoms with van der Waals surface area (Å²) in [4.78, 5) is 18.0. The van der Waals surface area contributed by atoms with Gasteiger partial charge in [0, 0.05) is 26.2 Å². The second kappa shape index (κ2) is 10.9. The first-order valence-corrected chi connectivity index (χ1v) is 10.8. The molecule has 0 spiro atoms. The Morgan fingerprint density at radius 2 is 1.59 bits per heavy atom. The van der Waals surface area contributed by atoms with Crippen LogP contribution in [0.15, 0.2) is 23.3 Å². The number of hydrazone groups is 1. The molecular formula is C21H29N7O4. The van der Waals surface area contributed by atoms with Gasteiger partial charge in [0.05, 0.1) is 46.4 Å². The highest BCUT2D eigenvalue weighted by molar-refractivity contribution is 5.81. The minimum absolute atomic E-state index is 0.387. The maximum atomic E-state index is 5.63. The van der Waals surface area contributed by atoms with Crippen molar-refractivity contribution < 1.29 is 18.9 Å². The van der Waals surface area contributed by atoms with Crippen molar-refractivity contribution >= 4 is 24.1 Å². The van der Waals surface area contributed by atoms with E-state index in [0.29, 0.717) is 62.4 Å². The molecule has 2 fully saturated rings. The maximum absolute atomic E-state index is 5.63. The number of ether oxygens (including phenoxy) is 4. The van der Waals surface area contributed by atoms with E-state index >= 15 is 0 Å². The van der Waals surface area contributed by atoms with Crippen LogP contribution < -0.4 is 24.7 Å². The zero-order valence-corrected chi connectivity index (χ0v) is 18.5. The third-order valence-electron chi connectivity index (χ3n) is 5.07. The van der Waals surface area contributed by atoms with E-state index in [-0.39, 0.29) is 0 Å². The van der Waals surface area contributed by atoms with Crippen molar-refractivity contribution in [3.05, 3.63) is 23.8 Å². The van der Waals surface area contributed by atoms with Crippen molar-refractivity contribution in [2.75, 3.05) is 81.5 Å². The first kappa shape index (κ1) is 22.0. The third-order valence-corrected chi connectivity index (χ3v) is 5.07. The van der Waals surface area contributed by atoms with Crippen LogP contribution in [0.5, 0.6) is 11.5 Å². The molecule has 11 nitrogen and oxygen atoms in total. The van der Waals surface area contributed by atoms with Gasteiger partial charge in [-0.15, -0.1) is 0 Å². The summed E-state index contributed by atoms with van der Waals surface area (Å²) >= 11 is 0. The first-order valence-electron chi connectivity index (χ1n) is 10.8. The molecule has 11 heteroatoms. The van der Waals surface area contributed by atoms with Crippen molar-refractivity contribution in [1.29, 1.82) is 0 Å². The predicted octanol–water partition coefficient (Wildman–Crippen LogP) is 1.40. The lowest BCUT2D eigenvalue weighted by atomic mass is 10.2. The standard InChI is InChI=1S/C21H29N7O4/c1-3-32-18-14-16(4-5-17(18)29-2)15-22-26-19-23-20(27-6-10-30-11-7-27)25-21(24-19)28-8-12-31-13-9-28/h4-5,14-15H,3,6-13H2,1-2H3,(H,23,24,25,26). The van der Waals surface area contributed by atoms with Crippen LogP contribution in [0.2, 0.25) is 0 Å². The molecule has 0 aliphatic carbocycles. The summed E-state index contributed by atoms with van der Waals surface area (Å²) in [5.41, 5.74) is 3.81. The monoisotopic (exact) mass is 443 g/mol. The van der Waals surface area contributed by atoms with Gasteiger partial charge in [-0.2, -0.15) is 20.1 Å². The number of benzene rings is 1. The molecule has 0 amide bonds. The molecule has 3 heterocycles. The lowest BCUT2D eigenvalue weighted by Crippen LogP contribution is -2.40. The van der Waals surface area contributed by atoms with Crippen LogP contribution in [0, 0.1) is 0 Å². The summed E-state index contributed by atoms with van der Waals surface area (Å²) in [6, 6.07) is 5.62. The van der Waals surface area contributed by atoms with Crippen molar-refractivity contribution in [3.8, 4) is 11.5 Å². The fourth-order valence-electron chi connectivity index (χ4n) is 3.42. The Bertz CT molecular complexity index is 879. The number of nitrogens with zero attached hydrogens (tertiary/aromatic N) is 6. The van der Waals surface area contributed by atoms with Crippen LogP contribution >= 0.6 is 0 Å². The van der Waals surface area contributed by atoms with Gasteiger partial charge in [-0.3, -0.25) is 0 Å². The molecule has 2 saturated heterocycles. The van der Waals surface area contributed by atoms with Gasteiger partial charge in [-0.25, -0.2) is 5.43 Å². The van der Waals surface area contributed by atoms with Crippen LogP contribution in [0.25, 0.3) is 0 Å². The van der Waals surface area contributed by atoms with E-state index in [9.17, 15) is 0 Å². The number of hydrogen-bond acceptors (Lipinski definition) is 11. The summed E-state index contributed by atoms with van der Waals surface area (Å²) in [6.07, 6.45) is 1.69. The van der Waals surface area contributed by atoms with Gasteiger partial charge >= 0.3 is 0 Å². The van der Waals surface area contributed by atoms with Gasteiger partial charge < -0.3 is 28.7 Å². The molecule has 172 valence electrons. The predicted molar refractivity (Wildman–Crippen MR) is 121 cm³/mol.